The second-order valence-corrected chi connectivity index (χ2v) is 9.05. The fourth-order valence-electron chi connectivity index (χ4n) is 6.98. The van der Waals surface area contributed by atoms with Crippen molar-refractivity contribution >= 4 is 6.29 Å². The van der Waals surface area contributed by atoms with Gasteiger partial charge in [0.05, 0.1) is 6.10 Å². The number of fused-ring (bicyclic) bond motifs is 5. The summed E-state index contributed by atoms with van der Waals surface area (Å²) in [6, 6.07) is 0. The van der Waals surface area contributed by atoms with E-state index in [-0.39, 0.29) is 17.4 Å². The standard InChI is InChI=1S/C20H30O2/c1-19-8-3-4-17(19)16-6-5-13-10-15(22)11-14(12-21)20(13,2)18(16)7-9-19/h5,12,14-18,22H,3-4,6-11H2,1-2H3/t14?,15?,16-,17-,18+,19-,20+/m0/s1. The molecule has 4 aliphatic rings. The molecule has 0 saturated heterocycles. The molecule has 0 heterocycles. The monoisotopic (exact) mass is 302 g/mol. The van der Waals surface area contributed by atoms with Gasteiger partial charge in [-0.1, -0.05) is 31.9 Å². The highest BCUT2D eigenvalue weighted by Crippen LogP contribution is 2.65. The number of hydrogen-bond acceptors (Lipinski definition) is 2. The second kappa shape index (κ2) is 4.93. The number of allylic oxidation sites excluding steroid dienone is 1. The molecule has 0 aromatic carbocycles. The normalized spacial score (nSPS) is 54.0. The SMILES string of the molecule is C[C@@]12CCC[C@H]1[C@@H]1CC=C3CC(O)CC(C=O)[C@]3(C)[C@@H]1CC2. The maximum Gasteiger partial charge on any atom is 0.124 e. The Bertz CT molecular complexity index is 510. The van der Waals surface area contributed by atoms with Crippen LogP contribution >= 0.6 is 0 Å². The third-order valence-electron chi connectivity index (χ3n) is 8.23. The van der Waals surface area contributed by atoms with Crippen molar-refractivity contribution in [3.63, 3.8) is 0 Å². The zero-order valence-corrected chi connectivity index (χ0v) is 14.1. The highest BCUT2D eigenvalue weighted by Gasteiger charge is 2.58. The Morgan fingerprint density at radius 1 is 1.23 bits per heavy atom. The van der Waals surface area contributed by atoms with E-state index in [9.17, 15) is 9.90 Å². The van der Waals surface area contributed by atoms with E-state index in [0.29, 0.717) is 17.8 Å². The van der Waals surface area contributed by atoms with Crippen LogP contribution in [0.5, 0.6) is 0 Å². The highest BCUT2D eigenvalue weighted by molar-refractivity contribution is 5.58. The molecule has 0 bridgehead atoms. The van der Waals surface area contributed by atoms with Crippen LogP contribution in [0.15, 0.2) is 11.6 Å². The van der Waals surface area contributed by atoms with Gasteiger partial charge in [0.1, 0.15) is 6.29 Å². The third-order valence-corrected chi connectivity index (χ3v) is 8.23. The summed E-state index contributed by atoms with van der Waals surface area (Å²) < 4.78 is 0. The first kappa shape index (κ1) is 14.9. The van der Waals surface area contributed by atoms with Crippen LogP contribution in [-0.2, 0) is 4.79 Å². The molecule has 4 rings (SSSR count). The van der Waals surface area contributed by atoms with Crippen molar-refractivity contribution in [3.05, 3.63) is 11.6 Å². The number of hydrogen-bond donors (Lipinski definition) is 1. The first-order chi connectivity index (χ1) is 10.5. The summed E-state index contributed by atoms with van der Waals surface area (Å²) in [6.07, 6.45) is 12.7. The summed E-state index contributed by atoms with van der Waals surface area (Å²) in [5.41, 5.74) is 1.98. The minimum atomic E-state index is -0.314. The average Bonchev–Trinajstić information content (AvgIpc) is 2.89. The van der Waals surface area contributed by atoms with Gasteiger partial charge in [-0.3, -0.25) is 0 Å². The van der Waals surface area contributed by atoms with Gasteiger partial charge in [-0.15, -0.1) is 0 Å². The number of aliphatic hydroxyl groups excluding tert-OH is 1. The van der Waals surface area contributed by atoms with Crippen molar-refractivity contribution in [2.45, 2.75) is 71.3 Å². The molecule has 3 saturated carbocycles. The molecule has 2 nitrogen and oxygen atoms in total. The summed E-state index contributed by atoms with van der Waals surface area (Å²) in [4.78, 5) is 11.8. The molecule has 22 heavy (non-hydrogen) atoms. The average molecular weight is 302 g/mol. The molecular weight excluding hydrogens is 272 g/mol. The molecule has 1 N–H and O–H groups in total. The van der Waals surface area contributed by atoms with Crippen molar-refractivity contribution in [3.8, 4) is 0 Å². The van der Waals surface area contributed by atoms with Gasteiger partial charge in [0.25, 0.3) is 0 Å². The predicted octanol–water partition coefficient (Wildman–Crippen LogP) is 4.13. The molecule has 0 aromatic heterocycles. The van der Waals surface area contributed by atoms with Crippen molar-refractivity contribution in [1.82, 2.24) is 0 Å². The largest absolute Gasteiger partial charge is 0.393 e. The van der Waals surface area contributed by atoms with Crippen molar-refractivity contribution in [1.29, 1.82) is 0 Å². The van der Waals surface area contributed by atoms with E-state index in [0.717, 1.165) is 24.5 Å². The number of carbonyl (C=O) groups is 1. The van der Waals surface area contributed by atoms with Crippen LogP contribution in [-0.4, -0.2) is 17.5 Å². The lowest BCUT2D eigenvalue weighted by Crippen LogP contribution is -2.53. The van der Waals surface area contributed by atoms with Gasteiger partial charge in [-0.25, -0.2) is 0 Å². The first-order valence-electron chi connectivity index (χ1n) is 9.32. The molecule has 122 valence electrons. The molecule has 0 aromatic rings. The minimum absolute atomic E-state index is 0.0149. The Kier molecular flexibility index (Phi) is 3.35. The first-order valence-corrected chi connectivity index (χ1v) is 9.32. The van der Waals surface area contributed by atoms with Crippen LogP contribution in [0.3, 0.4) is 0 Å². The smallest absolute Gasteiger partial charge is 0.124 e. The zero-order valence-electron chi connectivity index (χ0n) is 14.1. The maximum absolute atomic E-state index is 11.8. The lowest BCUT2D eigenvalue weighted by molar-refractivity contribution is -0.123. The molecule has 0 spiro atoms. The van der Waals surface area contributed by atoms with Crippen LogP contribution in [0.4, 0.5) is 0 Å². The number of aliphatic hydroxyl groups is 1. The Hall–Kier alpha value is -0.630. The van der Waals surface area contributed by atoms with Crippen LogP contribution in [0.1, 0.15) is 65.2 Å². The maximum atomic E-state index is 11.8. The molecule has 4 aliphatic carbocycles. The number of aldehydes is 1. The molecule has 0 aliphatic heterocycles. The van der Waals surface area contributed by atoms with Gasteiger partial charge in [0.15, 0.2) is 0 Å². The summed E-state index contributed by atoms with van der Waals surface area (Å²) in [5.74, 6) is 2.31. The lowest BCUT2D eigenvalue weighted by atomic mass is 9.46. The van der Waals surface area contributed by atoms with Crippen LogP contribution in [0, 0.1) is 34.5 Å². The van der Waals surface area contributed by atoms with Crippen LogP contribution < -0.4 is 0 Å². The van der Waals surface area contributed by atoms with E-state index in [4.69, 9.17) is 0 Å². The van der Waals surface area contributed by atoms with Crippen molar-refractivity contribution in [2.24, 2.45) is 34.5 Å². The lowest BCUT2D eigenvalue weighted by Gasteiger charge is -2.58. The third kappa shape index (κ3) is 1.85. The van der Waals surface area contributed by atoms with Gasteiger partial charge in [-0.05, 0) is 68.1 Å². The molecule has 2 unspecified atom stereocenters. The quantitative estimate of drug-likeness (QED) is 0.584. The summed E-state index contributed by atoms with van der Waals surface area (Å²) in [7, 11) is 0. The van der Waals surface area contributed by atoms with Crippen molar-refractivity contribution in [2.75, 3.05) is 0 Å². The van der Waals surface area contributed by atoms with E-state index < -0.39 is 0 Å². The van der Waals surface area contributed by atoms with Crippen LogP contribution in [0.25, 0.3) is 0 Å². The minimum Gasteiger partial charge on any atom is -0.393 e. The van der Waals surface area contributed by atoms with E-state index in [2.05, 4.69) is 19.9 Å². The van der Waals surface area contributed by atoms with Gasteiger partial charge < -0.3 is 9.90 Å². The molecule has 0 radical (unpaired) electrons. The topological polar surface area (TPSA) is 37.3 Å². The molecule has 3 fully saturated rings. The Labute approximate surface area is 134 Å². The fourth-order valence-corrected chi connectivity index (χ4v) is 6.98. The van der Waals surface area contributed by atoms with Gasteiger partial charge >= 0.3 is 0 Å². The predicted molar refractivity (Wildman–Crippen MR) is 87.3 cm³/mol. The summed E-state index contributed by atoms with van der Waals surface area (Å²) in [6.45, 7) is 4.86. The fraction of sp³-hybridized carbons (Fsp3) is 0.850. The van der Waals surface area contributed by atoms with Crippen molar-refractivity contribution < 1.29 is 9.90 Å². The van der Waals surface area contributed by atoms with E-state index in [1.165, 1.54) is 44.1 Å². The summed E-state index contributed by atoms with van der Waals surface area (Å²) >= 11 is 0. The van der Waals surface area contributed by atoms with E-state index in [1.54, 1.807) is 0 Å². The highest BCUT2D eigenvalue weighted by atomic mass is 16.3. The van der Waals surface area contributed by atoms with Gasteiger partial charge in [0.2, 0.25) is 0 Å². The molecule has 0 amide bonds. The zero-order chi connectivity index (χ0) is 15.5. The molecule has 2 heteroatoms. The van der Waals surface area contributed by atoms with E-state index >= 15 is 0 Å². The molecular formula is C20H30O2. The number of carbonyl (C=O) groups excluding carboxylic acids is 1. The summed E-state index contributed by atoms with van der Waals surface area (Å²) in [5, 5.41) is 10.2. The Morgan fingerprint density at radius 3 is 2.82 bits per heavy atom. The van der Waals surface area contributed by atoms with Gasteiger partial charge in [-0.2, -0.15) is 0 Å². The molecule has 7 atom stereocenters. The van der Waals surface area contributed by atoms with Gasteiger partial charge in [0, 0.05) is 11.3 Å². The Morgan fingerprint density at radius 2 is 2.05 bits per heavy atom. The second-order valence-electron chi connectivity index (χ2n) is 9.05. The van der Waals surface area contributed by atoms with Crippen LogP contribution in [0.2, 0.25) is 0 Å². The van der Waals surface area contributed by atoms with E-state index in [1.807, 2.05) is 0 Å². The Balaban J connectivity index is 1.73. The number of rotatable bonds is 1.